The predicted molar refractivity (Wildman–Crippen MR) is 93.2 cm³/mol. The van der Waals surface area contributed by atoms with Crippen molar-refractivity contribution in [1.82, 2.24) is 4.72 Å². The lowest BCUT2D eigenvalue weighted by Gasteiger charge is -2.12. The summed E-state index contributed by atoms with van der Waals surface area (Å²) in [4.78, 5) is 0. The third-order valence-corrected chi connectivity index (χ3v) is 5.01. The Morgan fingerprint density at radius 2 is 1.87 bits per heavy atom. The molecule has 0 atom stereocenters. The summed E-state index contributed by atoms with van der Waals surface area (Å²) in [6.07, 6.45) is 0. The van der Waals surface area contributed by atoms with Crippen LogP contribution >= 0.6 is 15.9 Å². The highest BCUT2D eigenvalue weighted by Crippen LogP contribution is 2.24. The maximum absolute atomic E-state index is 12.2. The fourth-order valence-electron chi connectivity index (χ4n) is 2.08. The van der Waals surface area contributed by atoms with Crippen LogP contribution in [0.2, 0.25) is 0 Å². The summed E-state index contributed by atoms with van der Waals surface area (Å²) in [6.45, 7) is 0.156. The Morgan fingerprint density at radius 1 is 1.09 bits per heavy atom. The lowest BCUT2D eigenvalue weighted by Crippen LogP contribution is -2.25. The minimum absolute atomic E-state index is 0.0785. The molecule has 23 heavy (non-hydrogen) atoms. The highest BCUT2D eigenvalue weighted by Gasteiger charge is 2.13. The molecule has 0 aromatic heterocycles. The molecule has 124 valence electrons. The molecule has 1 N–H and O–H groups in total. The molecule has 0 aliphatic rings. The summed E-state index contributed by atoms with van der Waals surface area (Å²) in [7, 11) is -0.347. The molecule has 0 fully saturated rings. The summed E-state index contributed by atoms with van der Waals surface area (Å²) in [5.74, 6) is 1.15. The normalized spacial score (nSPS) is 11.3. The second-order valence-electron chi connectivity index (χ2n) is 4.89. The summed E-state index contributed by atoms with van der Waals surface area (Å²) >= 11 is 3.33. The number of benzene rings is 2. The molecule has 5 nitrogen and oxygen atoms in total. The molecule has 2 aromatic carbocycles. The van der Waals surface area contributed by atoms with Crippen molar-refractivity contribution >= 4 is 26.0 Å². The zero-order valence-corrected chi connectivity index (χ0v) is 15.3. The number of rotatable bonds is 7. The van der Waals surface area contributed by atoms with Gasteiger partial charge in [-0.1, -0.05) is 34.1 Å². The standard InChI is InChI=1S/C16H18BrNO4S/c1-21-15-7-6-13(16(9-15)22-2)10-18-23(19,20)11-12-4-3-5-14(17)8-12/h3-9,18H,10-11H2,1-2H3. The smallest absolute Gasteiger partial charge is 0.216 e. The number of sulfonamides is 1. The van der Waals surface area contributed by atoms with Crippen LogP contribution in [0.5, 0.6) is 11.5 Å². The van der Waals surface area contributed by atoms with Crippen LogP contribution in [0.15, 0.2) is 46.9 Å². The first-order valence-electron chi connectivity index (χ1n) is 6.86. The van der Waals surface area contributed by atoms with Gasteiger partial charge in [0.1, 0.15) is 11.5 Å². The highest BCUT2D eigenvalue weighted by atomic mass is 79.9. The van der Waals surface area contributed by atoms with Gasteiger partial charge >= 0.3 is 0 Å². The van der Waals surface area contributed by atoms with E-state index in [-0.39, 0.29) is 12.3 Å². The summed E-state index contributed by atoms with van der Waals surface area (Å²) < 4.78 is 38.3. The Hall–Kier alpha value is -1.57. The summed E-state index contributed by atoms with van der Waals surface area (Å²) in [5, 5.41) is 0. The van der Waals surface area contributed by atoms with E-state index >= 15 is 0 Å². The van der Waals surface area contributed by atoms with Gasteiger partial charge < -0.3 is 9.47 Å². The molecule has 0 saturated heterocycles. The SMILES string of the molecule is COc1ccc(CNS(=O)(=O)Cc2cccc(Br)c2)c(OC)c1. The Kier molecular flexibility index (Phi) is 6.04. The maximum Gasteiger partial charge on any atom is 0.216 e. The maximum atomic E-state index is 12.2. The third kappa shape index (κ3) is 5.23. The van der Waals surface area contributed by atoms with Crippen LogP contribution in [0.1, 0.15) is 11.1 Å². The Bertz CT molecular complexity index is 777. The molecule has 0 spiro atoms. The molecular formula is C16H18BrNO4S. The molecule has 0 amide bonds. The molecule has 0 aliphatic carbocycles. The molecule has 0 aliphatic heterocycles. The topological polar surface area (TPSA) is 64.6 Å². The summed E-state index contributed by atoms with van der Waals surface area (Å²) in [5.41, 5.74) is 1.46. The first kappa shape index (κ1) is 17.8. The van der Waals surface area contributed by atoms with Gasteiger partial charge in [0.2, 0.25) is 10.0 Å². The van der Waals surface area contributed by atoms with E-state index < -0.39 is 10.0 Å². The molecule has 2 aromatic rings. The van der Waals surface area contributed by atoms with E-state index in [1.54, 1.807) is 43.5 Å². The van der Waals surface area contributed by atoms with E-state index in [1.165, 1.54) is 7.11 Å². The first-order valence-corrected chi connectivity index (χ1v) is 9.31. The molecule has 0 radical (unpaired) electrons. The van der Waals surface area contributed by atoms with Crippen LogP contribution in [0.4, 0.5) is 0 Å². The summed E-state index contributed by atoms with van der Waals surface area (Å²) in [6, 6.07) is 12.5. The Balaban J connectivity index is 2.07. The zero-order chi connectivity index (χ0) is 16.9. The van der Waals surface area contributed by atoms with Crippen molar-refractivity contribution in [3.63, 3.8) is 0 Å². The molecule has 7 heteroatoms. The Morgan fingerprint density at radius 3 is 2.52 bits per heavy atom. The van der Waals surface area contributed by atoms with Gasteiger partial charge in [0.15, 0.2) is 0 Å². The fraction of sp³-hybridized carbons (Fsp3) is 0.250. The van der Waals surface area contributed by atoms with E-state index in [0.29, 0.717) is 17.1 Å². The largest absolute Gasteiger partial charge is 0.497 e. The van der Waals surface area contributed by atoms with Crippen molar-refractivity contribution in [1.29, 1.82) is 0 Å². The fourth-order valence-corrected chi connectivity index (χ4v) is 3.63. The lowest BCUT2D eigenvalue weighted by atomic mass is 10.2. The van der Waals surface area contributed by atoms with Crippen LogP contribution in [-0.4, -0.2) is 22.6 Å². The molecule has 0 saturated carbocycles. The average molecular weight is 400 g/mol. The van der Waals surface area contributed by atoms with Crippen molar-refractivity contribution in [2.45, 2.75) is 12.3 Å². The number of hydrogen-bond acceptors (Lipinski definition) is 4. The zero-order valence-electron chi connectivity index (χ0n) is 12.9. The van der Waals surface area contributed by atoms with Gasteiger partial charge in [0.25, 0.3) is 0 Å². The van der Waals surface area contributed by atoms with E-state index in [1.807, 2.05) is 6.07 Å². The van der Waals surface area contributed by atoms with Crippen LogP contribution in [0.3, 0.4) is 0 Å². The molecule has 0 heterocycles. The van der Waals surface area contributed by atoms with Crippen molar-refractivity contribution in [3.05, 3.63) is 58.1 Å². The van der Waals surface area contributed by atoms with Gasteiger partial charge in [-0.15, -0.1) is 0 Å². The van der Waals surface area contributed by atoms with Crippen molar-refractivity contribution in [3.8, 4) is 11.5 Å². The van der Waals surface area contributed by atoms with Crippen molar-refractivity contribution in [2.75, 3.05) is 14.2 Å². The monoisotopic (exact) mass is 399 g/mol. The van der Waals surface area contributed by atoms with Crippen LogP contribution in [-0.2, 0) is 22.3 Å². The second kappa shape index (κ2) is 7.81. The molecule has 0 bridgehead atoms. The highest BCUT2D eigenvalue weighted by molar-refractivity contribution is 9.10. The molecule has 2 rings (SSSR count). The van der Waals surface area contributed by atoms with Gasteiger partial charge in [-0.25, -0.2) is 13.1 Å². The van der Waals surface area contributed by atoms with Crippen LogP contribution in [0, 0.1) is 0 Å². The lowest BCUT2D eigenvalue weighted by molar-refractivity contribution is 0.390. The van der Waals surface area contributed by atoms with Gasteiger partial charge in [-0.3, -0.25) is 0 Å². The average Bonchev–Trinajstić information content (AvgIpc) is 2.52. The van der Waals surface area contributed by atoms with Gasteiger partial charge in [0, 0.05) is 22.6 Å². The Labute approximate surface area is 144 Å². The number of methoxy groups -OCH3 is 2. The predicted octanol–water partition coefficient (Wildman–Crippen LogP) is 3.09. The van der Waals surface area contributed by atoms with E-state index in [2.05, 4.69) is 20.7 Å². The number of nitrogens with one attached hydrogen (secondary N) is 1. The number of halogens is 1. The van der Waals surface area contributed by atoms with Gasteiger partial charge in [0.05, 0.1) is 20.0 Å². The minimum Gasteiger partial charge on any atom is -0.497 e. The number of hydrogen-bond donors (Lipinski definition) is 1. The quantitative estimate of drug-likeness (QED) is 0.776. The molecular weight excluding hydrogens is 382 g/mol. The molecule has 0 unspecified atom stereocenters. The number of ether oxygens (including phenoxy) is 2. The first-order chi connectivity index (χ1) is 10.9. The van der Waals surface area contributed by atoms with E-state index in [9.17, 15) is 8.42 Å². The van der Waals surface area contributed by atoms with Gasteiger partial charge in [-0.2, -0.15) is 0 Å². The minimum atomic E-state index is -3.45. The second-order valence-corrected chi connectivity index (χ2v) is 7.61. The van der Waals surface area contributed by atoms with Crippen LogP contribution < -0.4 is 14.2 Å². The van der Waals surface area contributed by atoms with Crippen molar-refractivity contribution < 1.29 is 17.9 Å². The van der Waals surface area contributed by atoms with E-state index in [4.69, 9.17) is 9.47 Å². The van der Waals surface area contributed by atoms with E-state index in [0.717, 1.165) is 10.0 Å². The third-order valence-electron chi connectivity index (χ3n) is 3.22. The van der Waals surface area contributed by atoms with Crippen LogP contribution in [0.25, 0.3) is 0 Å². The van der Waals surface area contributed by atoms with Crippen molar-refractivity contribution in [2.24, 2.45) is 0 Å². The van der Waals surface area contributed by atoms with Gasteiger partial charge in [-0.05, 0) is 23.8 Å².